The molecule has 116 valence electrons. The number of aryl methyl sites for hydroxylation is 1. The third kappa shape index (κ3) is 5.21. The first-order valence-corrected chi connectivity index (χ1v) is 7.48. The predicted octanol–water partition coefficient (Wildman–Crippen LogP) is 3.54. The average Bonchev–Trinajstić information content (AvgIpc) is 2.43. The zero-order chi connectivity index (χ0) is 16.0. The summed E-state index contributed by atoms with van der Waals surface area (Å²) in [4.78, 5) is 22.9. The number of carbonyl (C=O) groups is 2. The first kappa shape index (κ1) is 17.8. The normalized spacial score (nSPS) is 13.5. The van der Waals surface area contributed by atoms with Crippen LogP contribution in [-0.2, 0) is 16.0 Å². The Morgan fingerprint density at radius 3 is 2.52 bits per heavy atom. The van der Waals surface area contributed by atoms with Crippen LogP contribution < -0.4 is 5.32 Å². The molecule has 1 atom stereocenters. The van der Waals surface area contributed by atoms with E-state index in [1.807, 2.05) is 0 Å². The number of amides is 1. The van der Waals surface area contributed by atoms with Crippen molar-refractivity contribution in [3.05, 3.63) is 33.8 Å². The lowest BCUT2D eigenvalue weighted by molar-refractivity contribution is -0.148. The molecule has 0 saturated heterocycles. The summed E-state index contributed by atoms with van der Waals surface area (Å²) in [5, 5.41) is 12.9. The number of nitrogens with one attached hydrogen (secondary N) is 1. The third-order valence-corrected chi connectivity index (χ3v) is 4.20. The van der Waals surface area contributed by atoms with Gasteiger partial charge in [0, 0.05) is 23.0 Å². The molecule has 4 nitrogen and oxygen atoms in total. The molecule has 0 saturated carbocycles. The molecule has 0 bridgehead atoms. The number of hydrogen-bond acceptors (Lipinski definition) is 2. The summed E-state index contributed by atoms with van der Waals surface area (Å²) in [5.41, 5.74) is -0.0965. The van der Waals surface area contributed by atoms with Crippen LogP contribution in [0, 0.1) is 5.41 Å². The van der Waals surface area contributed by atoms with Crippen LogP contribution in [0.25, 0.3) is 0 Å². The Bertz CT molecular complexity index is 534. The zero-order valence-corrected chi connectivity index (χ0v) is 13.6. The lowest BCUT2D eigenvalue weighted by Crippen LogP contribution is -2.40. The molecule has 0 heterocycles. The highest BCUT2D eigenvalue weighted by molar-refractivity contribution is 6.35. The number of carbonyl (C=O) groups excluding carboxylic acids is 1. The van der Waals surface area contributed by atoms with Gasteiger partial charge in [0.1, 0.15) is 0 Å². The second kappa shape index (κ2) is 7.66. The number of rotatable bonds is 7. The van der Waals surface area contributed by atoms with Gasteiger partial charge < -0.3 is 10.4 Å². The van der Waals surface area contributed by atoms with Crippen LogP contribution in [0.2, 0.25) is 10.0 Å². The highest BCUT2D eigenvalue weighted by Crippen LogP contribution is 2.22. The fraction of sp³-hybridized carbons (Fsp3) is 0.467. The Morgan fingerprint density at radius 1 is 1.33 bits per heavy atom. The van der Waals surface area contributed by atoms with Crippen LogP contribution in [0.1, 0.15) is 32.3 Å². The standard InChI is InChI=1S/C15H19Cl2NO3/c1-3-15(2,14(20)21)9-18-13(19)7-5-10-4-6-11(16)8-12(10)17/h4,6,8H,3,5,7,9H2,1-2H3,(H,18,19)(H,20,21). The minimum absolute atomic E-state index is 0.117. The molecule has 6 heteroatoms. The molecule has 0 aromatic heterocycles. The van der Waals surface area contributed by atoms with Crippen molar-refractivity contribution in [3.8, 4) is 0 Å². The van der Waals surface area contributed by atoms with Crippen LogP contribution >= 0.6 is 23.2 Å². The largest absolute Gasteiger partial charge is 0.481 e. The maximum absolute atomic E-state index is 11.8. The van der Waals surface area contributed by atoms with Crippen molar-refractivity contribution in [3.63, 3.8) is 0 Å². The van der Waals surface area contributed by atoms with Gasteiger partial charge in [0.2, 0.25) is 5.91 Å². The summed E-state index contributed by atoms with van der Waals surface area (Å²) in [5.74, 6) is -1.10. The van der Waals surface area contributed by atoms with Crippen LogP contribution in [0.4, 0.5) is 0 Å². The summed E-state index contributed by atoms with van der Waals surface area (Å²) in [6, 6.07) is 5.14. The van der Waals surface area contributed by atoms with E-state index in [9.17, 15) is 9.59 Å². The number of benzene rings is 1. The number of halogens is 2. The Labute approximate surface area is 134 Å². The summed E-state index contributed by atoms with van der Waals surface area (Å²) in [6.45, 7) is 3.52. The molecule has 0 aliphatic rings. The molecule has 1 unspecified atom stereocenters. The van der Waals surface area contributed by atoms with Gasteiger partial charge >= 0.3 is 5.97 Å². The minimum Gasteiger partial charge on any atom is -0.481 e. The van der Waals surface area contributed by atoms with E-state index >= 15 is 0 Å². The van der Waals surface area contributed by atoms with Crippen LogP contribution in [0.5, 0.6) is 0 Å². The van der Waals surface area contributed by atoms with Crippen LogP contribution in [0.15, 0.2) is 18.2 Å². The second-order valence-corrected chi connectivity index (χ2v) is 6.08. The zero-order valence-electron chi connectivity index (χ0n) is 12.1. The fourth-order valence-electron chi connectivity index (χ4n) is 1.71. The molecule has 1 aromatic carbocycles. The highest BCUT2D eigenvalue weighted by Gasteiger charge is 2.31. The second-order valence-electron chi connectivity index (χ2n) is 5.23. The van der Waals surface area contributed by atoms with E-state index in [0.29, 0.717) is 22.9 Å². The van der Waals surface area contributed by atoms with E-state index in [0.717, 1.165) is 5.56 Å². The van der Waals surface area contributed by atoms with E-state index in [2.05, 4.69) is 5.32 Å². The van der Waals surface area contributed by atoms with Crippen molar-refractivity contribution >= 4 is 35.1 Å². The van der Waals surface area contributed by atoms with E-state index in [1.165, 1.54) is 0 Å². The van der Waals surface area contributed by atoms with Gasteiger partial charge in [-0.3, -0.25) is 9.59 Å². The molecule has 1 amide bonds. The van der Waals surface area contributed by atoms with E-state index in [4.69, 9.17) is 28.3 Å². The first-order chi connectivity index (χ1) is 9.78. The molecule has 0 radical (unpaired) electrons. The quantitative estimate of drug-likeness (QED) is 0.802. The molecule has 21 heavy (non-hydrogen) atoms. The summed E-state index contributed by atoms with van der Waals surface area (Å²) in [7, 11) is 0. The van der Waals surface area contributed by atoms with Gasteiger partial charge in [0.15, 0.2) is 0 Å². The Kier molecular flexibility index (Phi) is 6.49. The first-order valence-electron chi connectivity index (χ1n) is 6.72. The molecule has 0 spiro atoms. The number of aliphatic carboxylic acids is 1. The van der Waals surface area contributed by atoms with Crippen LogP contribution in [0.3, 0.4) is 0 Å². The smallest absolute Gasteiger partial charge is 0.311 e. The maximum Gasteiger partial charge on any atom is 0.311 e. The summed E-state index contributed by atoms with van der Waals surface area (Å²) >= 11 is 11.8. The molecule has 1 aromatic rings. The van der Waals surface area contributed by atoms with E-state index < -0.39 is 11.4 Å². The Hall–Kier alpha value is -1.26. The molecule has 0 fully saturated rings. The molecular weight excluding hydrogens is 313 g/mol. The van der Waals surface area contributed by atoms with Crippen molar-refractivity contribution in [2.75, 3.05) is 6.54 Å². The monoisotopic (exact) mass is 331 g/mol. The highest BCUT2D eigenvalue weighted by atomic mass is 35.5. The molecular formula is C15H19Cl2NO3. The Balaban J connectivity index is 2.49. The summed E-state index contributed by atoms with van der Waals surface area (Å²) in [6.07, 6.45) is 1.18. The van der Waals surface area contributed by atoms with Gasteiger partial charge in [-0.25, -0.2) is 0 Å². The summed E-state index contributed by atoms with van der Waals surface area (Å²) < 4.78 is 0. The van der Waals surface area contributed by atoms with Gasteiger partial charge in [-0.05, 0) is 37.5 Å². The van der Waals surface area contributed by atoms with E-state index in [-0.39, 0.29) is 18.9 Å². The fourth-order valence-corrected chi connectivity index (χ4v) is 2.21. The number of carboxylic acids is 1. The van der Waals surface area contributed by atoms with Crippen molar-refractivity contribution < 1.29 is 14.7 Å². The van der Waals surface area contributed by atoms with Gasteiger partial charge in [0.05, 0.1) is 5.41 Å². The molecule has 2 N–H and O–H groups in total. The van der Waals surface area contributed by atoms with Crippen molar-refractivity contribution in [2.24, 2.45) is 5.41 Å². The lowest BCUT2D eigenvalue weighted by Gasteiger charge is -2.23. The van der Waals surface area contributed by atoms with Gasteiger partial charge in [-0.1, -0.05) is 36.2 Å². The van der Waals surface area contributed by atoms with Crippen molar-refractivity contribution in [1.82, 2.24) is 5.32 Å². The maximum atomic E-state index is 11.8. The molecule has 0 aliphatic carbocycles. The SMILES string of the molecule is CCC(C)(CNC(=O)CCc1ccc(Cl)cc1Cl)C(=O)O. The van der Waals surface area contributed by atoms with Gasteiger partial charge in [-0.15, -0.1) is 0 Å². The predicted molar refractivity (Wildman–Crippen MR) is 83.8 cm³/mol. The molecule has 1 rings (SSSR count). The van der Waals surface area contributed by atoms with Gasteiger partial charge in [0.25, 0.3) is 0 Å². The third-order valence-electron chi connectivity index (χ3n) is 3.61. The minimum atomic E-state index is -0.937. The van der Waals surface area contributed by atoms with Crippen molar-refractivity contribution in [1.29, 1.82) is 0 Å². The topological polar surface area (TPSA) is 66.4 Å². The molecule has 0 aliphatic heterocycles. The Morgan fingerprint density at radius 2 is 2.00 bits per heavy atom. The van der Waals surface area contributed by atoms with Crippen LogP contribution in [-0.4, -0.2) is 23.5 Å². The van der Waals surface area contributed by atoms with E-state index in [1.54, 1.807) is 32.0 Å². The van der Waals surface area contributed by atoms with Gasteiger partial charge in [-0.2, -0.15) is 0 Å². The number of carboxylic acid groups (broad SMARTS) is 1. The average molecular weight is 332 g/mol. The van der Waals surface area contributed by atoms with Crippen molar-refractivity contribution in [2.45, 2.75) is 33.1 Å². The number of hydrogen-bond donors (Lipinski definition) is 2. The lowest BCUT2D eigenvalue weighted by atomic mass is 9.87.